The van der Waals surface area contributed by atoms with Crippen molar-refractivity contribution in [1.29, 1.82) is 0 Å². The highest BCUT2D eigenvalue weighted by Gasteiger charge is 2.61. The van der Waals surface area contributed by atoms with Gasteiger partial charge in [0.25, 0.3) is 0 Å². The number of anilines is 1. The molecule has 0 amide bonds. The smallest absolute Gasteiger partial charge is 0.320 e. The number of fused-ring (bicyclic) bond motifs is 3. The molecule has 14 heteroatoms. The molecule has 1 saturated heterocycles. The van der Waals surface area contributed by atoms with Crippen molar-refractivity contribution in [3.8, 4) is 0 Å². The van der Waals surface area contributed by atoms with Gasteiger partial charge in [0.05, 0.1) is 38.7 Å². The molecule has 3 atom stereocenters. The molecule has 39 heavy (non-hydrogen) atoms. The summed E-state index contributed by atoms with van der Waals surface area (Å²) in [5, 5.41) is 1.74. The minimum Gasteiger partial charge on any atom is -0.748 e. The number of hydrogen-bond donors (Lipinski definition) is 1. The normalized spacial score (nSPS) is 25.3. The lowest BCUT2D eigenvalue weighted by Crippen LogP contribution is -2.66. The predicted molar refractivity (Wildman–Crippen MR) is 158 cm³/mol. The number of quaternary nitrogens is 1. The highest BCUT2D eigenvalue weighted by Crippen LogP contribution is 2.58. The maximum absolute atomic E-state index is 12.4. The van der Waals surface area contributed by atoms with E-state index in [0.29, 0.717) is 36.0 Å². The predicted octanol–water partition coefficient (Wildman–Crippen LogP) is 6.28. The van der Waals surface area contributed by atoms with Gasteiger partial charge in [-0.1, -0.05) is 41.9 Å². The molecule has 0 bridgehead atoms. The second kappa shape index (κ2) is 10.9. The fourth-order valence-corrected chi connectivity index (χ4v) is 9.90. The van der Waals surface area contributed by atoms with Crippen molar-refractivity contribution in [2.45, 2.75) is 41.4 Å². The maximum atomic E-state index is 12.4. The number of allylic oxidation sites excluding steroid dienone is 2. The van der Waals surface area contributed by atoms with E-state index in [4.69, 9.17) is 23.2 Å². The highest BCUT2D eigenvalue weighted by atomic mass is 35.5. The molecule has 1 spiro atoms. The Hall–Kier alpha value is -1.22. The van der Waals surface area contributed by atoms with Crippen LogP contribution in [-0.4, -0.2) is 50.2 Å². The molecular formula is C25H26Cl2N2O6S4. The van der Waals surface area contributed by atoms with Gasteiger partial charge in [-0.15, -0.1) is 0 Å². The fraction of sp³-hybridized carbons (Fsp3) is 0.360. The van der Waals surface area contributed by atoms with E-state index in [1.54, 1.807) is 18.2 Å². The lowest BCUT2D eigenvalue weighted by Gasteiger charge is -2.47. The summed E-state index contributed by atoms with van der Waals surface area (Å²) in [5.41, 5.74) is 1.62. The van der Waals surface area contributed by atoms with Gasteiger partial charge < -0.3 is 9.45 Å². The summed E-state index contributed by atoms with van der Waals surface area (Å²) >= 11 is 15.6. The lowest BCUT2D eigenvalue weighted by molar-refractivity contribution is 0.203. The second-order valence-electron chi connectivity index (χ2n) is 9.63. The van der Waals surface area contributed by atoms with E-state index in [-0.39, 0.29) is 16.8 Å². The van der Waals surface area contributed by atoms with Crippen LogP contribution in [0.25, 0.3) is 0 Å². The van der Waals surface area contributed by atoms with Crippen LogP contribution in [0.4, 0.5) is 11.4 Å². The molecule has 3 aliphatic rings. The SMILES string of the molecule is CCC(C=C1Sc2ccc(Cl)cc2N1CCCS(=O)(=O)[O-])C=C1Sc2ccc(Cl)cc2[N+]12CCC2S(=O)(=O)O. The van der Waals surface area contributed by atoms with Crippen LogP contribution in [0, 0.1) is 5.92 Å². The Bertz CT molecular complexity index is 1600. The van der Waals surface area contributed by atoms with Crippen LogP contribution < -0.4 is 9.38 Å². The van der Waals surface area contributed by atoms with Crippen molar-refractivity contribution in [1.82, 2.24) is 4.48 Å². The van der Waals surface area contributed by atoms with Gasteiger partial charge in [0.1, 0.15) is 0 Å². The first-order valence-corrected chi connectivity index (χ1v) is 17.7. The first-order valence-electron chi connectivity index (χ1n) is 12.3. The molecule has 0 saturated carbocycles. The minimum atomic E-state index is -4.34. The van der Waals surface area contributed by atoms with Crippen LogP contribution in [0.15, 0.2) is 68.4 Å². The number of halogens is 2. The first kappa shape index (κ1) is 29.3. The molecule has 8 nitrogen and oxygen atoms in total. The number of benzene rings is 2. The van der Waals surface area contributed by atoms with Gasteiger partial charge in [-0.25, -0.2) is 12.9 Å². The zero-order valence-electron chi connectivity index (χ0n) is 20.8. The van der Waals surface area contributed by atoms with Crippen LogP contribution in [0.5, 0.6) is 0 Å². The Morgan fingerprint density at radius 2 is 1.79 bits per heavy atom. The zero-order chi connectivity index (χ0) is 28.2. The lowest BCUT2D eigenvalue weighted by atomic mass is 10.0. The number of thioether (sulfide) groups is 2. The quantitative estimate of drug-likeness (QED) is 0.261. The van der Waals surface area contributed by atoms with Crippen molar-refractivity contribution in [3.63, 3.8) is 0 Å². The summed E-state index contributed by atoms with van der Waals surface area (Å²) in [7, 11) is -8.66. The second-order valence-corrected chi connectivity index (χ2v) is 15.7. The Balaban J connectivity index is 1.52. The van der Waals surface area contributed by atoms with Gasteiger partial charge in [0, 0.05) is 39.2 Å². The molecule has 3 heterocycles. The largest absolute Gasteiger partial charge is 0.748 e. The molecule has 5 rings (SSSR count). The van der Waals surface area contributed by atoms with E-state index in [1.807, 2.05) is 30.0 Å². The Kier molecular flexibility index (Phi) is 8.17. The van der Waals surface area contributed by atoms with Gasteiger partial charge in [-0.2, -0.15) is 8.42 Å². The summed E-state index contributed by atoms with van der Waals surface area (Å²) in [5.74, 6) is -0.569. The van der Waals surface area contributed by atoms with Gasteiger partial charge in [0.15, 0.2) is 10.7 Å². The molecule has 0 aliphatic carbocycles. The topological polar surface area (TPSA) is 115 Å². The first-order chi connectivity index (χ1) is 18.3. The third kappa shape index (κ3) is 5.77. The van der Waals surface area contributed by atoms with Crippen LogP contribution in [-0.2, 0) is 20.2 Å². The van der Waals surface area contributed by atoms with Gasteiger partial charge >= 0.3 is 10.1 Å². The third-order valence-corrected chi connectivity index (χ3v) is 12.1. The standard InChI is InChI=1S/C25H26Cl2N2O6S4/c1-2-16(12-23-28(9-3-11-38(30,31)32)19-14-17(26)4-6-21(19)36-23)13-24-29(10-8-25(29)39(33,34)35)20-15-18(27)5-7-22(20)37-24/h4-7,12-16,25H,2-3,8-11H2,1H3,(H-,30,31,32,33,34,35). The monoisotopic (exact) mass is 648 g/mol. The molecule has 210 valence electrons. The Labute approximate surface area is 247 Å². The number of rotatable bonds is 8. The van der Waals surface area contributed by atoms with Gasteiger partial charge in [-0.3, -0.25) is 4.55 Å². The average molecular weight is 650 g/mol. The van der Waals surface area contributed by atoms with Crippen molar-refractivity contribution in [2.75, 3.05) is 23.7 Å². The Morgan fingerprint density at radius 1 is 1.10 bits per heavy atom. The van der Waals surface area contributed by atoms with Crippen molar-refractivity contribution in [2.24, 2.45) is 5.92 Å². The zero-order valence-corrected chi connectivity index (χ0v) is 25.6. The molecule has 0 radical (unpaired) electrons. The highest BCUT2D eigenvalue weighted by molar-refractivity contribution is 8.04. The molecule has 3 unspecified atom stereocenters. The molecule has 0 aromatic heterocycles. The average Bonchev–Trinajstić information content (AvgIpc) is 3.31. The van der Waals surface area contributed by atoms with E-state index in [2.05, 4.69) is 12.2 Å². The van der Waals surface area contributed by atoms with E-state index >= 15 is 0 Å². The van der Waals surface area contributed by atoms with Crippen molar-refractivity contribution < 1.29 is 25.9 Å². The molecule has 1 N–H and O–H groups in total. The van der Waals surface area contributed by atoms with E-state index in [1.165, 1.54) is 23.5 Å². The summed E-state index contributed by atoms with van der Waals surface area (Å²) in [4.78, 5) is 3.84. The van der Waals surface area contributed by atoms with Gasteiger partial charge in [-0.05, 0) is 67.1 Å². The molecule has 2 aromatic rings. The van der Waals surface area contributed by atoms with Crippen LogP contribution in [0.1, 0.15) is 26.2 Å². The molecule has 1 fully saturated rings. The minimum absolute atomic E-state index is 0.0209. The van der Waals surface area contributed by atoms with Crippen LogP contribution in [0.2, 0.25) is 10.0 Å². The molecule has 3 aliphatic heterocycles. The summed E-state index contributed by atoms with van der Waals surface area (Å²) < 4.78 is 68.5. The number of nitrogens with zero attached hydrogens (tertiary/aromatic N) is 2. The summed E-state index contributed by atoms with van der Waals surface area (Å²) in [6.07, 6.45) is 5.34. The summed E-state index contributed by atoms with van der Waals surface area (Å²) in [6, 6.07) is 10.9. The molecule has 2 aromatic carbocycles. The fourth-order valence-electron chi connectivity index (χ4n) is 5.24. The van der Waals surface area contributed by atoms with Crippen molar-refractivity contribution >= 4 is 78.3 Å². The van der Waals surface area contributed by atoms with Crippen LogP contribution >= 0.6 is 46.7 Å². The third-order valence-electron chi connectivity index (χ3n) is 7.18. The van der Waals surface area contributed by atoms with Crippen LogP contribution in [0.3, 0.4) is 0 Å². The van der Waals surface area contributed by atoms with Gasteiger partial charge in [0.2, 0.25) is 5.37 Å². The maximum Gasteiger partial charge on any atom is 0.320 e. The Morgan fingerprint density at radius 3 is 2.41 bits per heavy atom. The van der Waals surface area contributed by atoms with Crippen molar-refractivity contribution in [3.05, 3.63) is 68.7 Å². The van der Waals surface area contributed by atoms with E-state index in [0.717, 1.165) is 31.2 Å². The number of hydrogen-bond acceptors (Lipinski definition) is 8. The van der Waals surface area contributed by atoms with E-state index in [9.17, 15) is 25.9 Å². The van der Waals surface area contributed by atoms with E-state index < -0.39 is 31.4 Å². The summed E-state index contributed by atoms with van der Waals surface area (Å²) in [6.45, 7) is 2.88. The molecular weight excluding hydrogens is 623 g/mol.